The second-order valence-corrected chi connectivity index (χ2v) is 3.38. The first kappa shape index (κ1) is 9.27. The molecule has 2 rings (SSSR count). The summed E-state index contributed by atoms with van der Waals surface area (Å²) in [6.45, 7) is 4.49. The molecule has 0 spiro atoms. The highest BCUT2D eigenvalue weighted by Gasteiger charge is 2.28. The van der Waals surface area contributed by atoms with Crippen molar-refractivity contribution in [1.82, 2.24) is 10.2 Å². The monoisotopic (exact) mass is 194 g/mol. The number of nitrogens with one attached hydrogen (secondary N) is 1. The Morgan fingerprint density at radius 1 is 1.71 bits per heavy atom. The third-order valence-electron chi connectivity index (χ3n) is 2.53. The maximum Gasteiger partial charge on any atom is 0.289 e. The molecule has 1 fully saturated rings. The van der Waals surface area contributed by atoms with E-state index in [1.807, 2.05) is 11.8 Å². The molecule has 0 atom stereocenters. The highest BCUT2D eigenvalue weighted by Crippen LogP contribution is 2.11. The lowest BCUT2D eigenvalue weighted by Gasteiger charge is -2.37. The SMILES string of the molecule is CCN(C(=O)c1ccco1)C1CNC1. The van der Waals surface area contributed by atoms with E-state index in [0.29, 0.717) is 11.8 Å². The molecule has 0 unspecified atom stereocenters. The fourth-order valence-electron chi connectivity index (χ4n) is 1.60. The van der Waals surface area contributed by atoms with Crippen LogP contribution in [0.1, 0.15) is 17.5 Å². The van der Waals surface area contributed by atoms with E-state index in [4.69, 9.17) is 4.42 Å². The average molecular weight is 194 g/mol. The van der Waals surface area contributed by atoms with Gasteiger partial charge in [-0.1, -0.05) is 0 Å². The summed E-state index contributed by atoms with van der Waals surface area (Å²) in [5.41, 5.74) is 0. The number of hydrogen-bond acceptors (Lipinski definition) is 3. The highest BCUT2D eigenvalue weighted by atomic mass is 16.3. The van der Waals surface area contributed by atoms with Crippen LogP contribution >= 0.6 is 0 Å². The zero-order chi connectivity index (χ0) is 9.97. The Bertz CT molecular complexity index is 304. The summed E-state index contributed by atoms with van der Waals surface area (Å²) in [5.74, 6) is 0.419. The number of rotatable bonds is 3. The molecule has 1 N–H and O–H groups in total. The number of likely N-dealkylation sites (N-methyl/N-ethyl adjacent to an activating group) is 1. The van der Waals surface area contributed by atoms with Gasteiger partial charge in [0.05, 0.1) is 12.3 Å². The number of hydrogen-bond donors (Lipinski definition) is 1. The van der Waals surface area contributed by atoms with Crippen LogP contribution in [0.5, 0.6) is 0 Å². The van der Waals surface area contributed by atoms with Crippen LogP contribution < -0.4 is 5.32 Å². The smallest absolute Gasteiger partial charge is 0.289 e. The van der Waals surface area contributed by atoms with Gasteiger partial charge in [-0.3, -0.25) is 4.79 Å². The molecular formula is C10H14N2O2. The molecule has 14 heavy (non-hydrogen) atoms. The summed E-state index contributed by atoms with van der Waals surface area (Å²) in [7, 11) is 0. The topological polar surface area (TPSA) is 45.5 Å². The molecule has 1 saturated heterocycles. The summed E-state index contributed by atoms with van der Waals surface area (Å²) >= 11 is 0. The first-order valence-corrected chi connectivity index (χ1v) is 4.88. The van der Waals surface area contributed by atoms with Crippen LogP contribution in [0.25, 0.3) is 0 Å². The fraction of sp³-hybridized carbons (Fsp3) is 0.500. The number of carbonyl (C=O) groups is 1. The number of amides is 1. The molecule has 1 aromatic rings. The van der Waals surface area contributed by atoms with Gasteiger partial charge in [-0.05, 0) is 19.1 Å². The van der Waals surface area contributed by atoms with Gasteiger partial charge in [0, 0.05) is 19.6 Å². The van der Waals surface area contributed by atoms with Gasteiger partial charge < -0.3 is 14.6 Å². The molecule has 0 bridgehead atoms. The van der Waals surface area contributed by atoms with Crippen LogP contribution in [0, 0.1) is 0 Å². The van der Waals surface area contributed by atoms with Crippen LogP contribution in [-0.4, -0.2) is 36.5 Å². The second-order valence-electron chi connectivity index (χ2n) is 3.38. The standard InChI is InChI=1S/C10H14N2O2/c1-2-12(8-6-11-7-8)10(13)9-4-3-5-14-9/h3-5,8,11H,2,6-7H2,1H3. The second kappa shape index (κ2) is 3.84. The van der Waals surface area contributed by atoms with E-state index in [9.17, 15) is 4.79 Å². The van der Waals surface area contributed by atoms with Crippen LogP contribution in [0.2, 0.25) is 0 Å². The summed E-state index contributed by atoms with van der Waals surface area (Å²) in [5, 5.41) is 3.15. The van der Waals surface area contributed by atoms with Gasteiger partial charge in [0.1, 0.15) is 0 Å². The minimum atomic E-state index is -0.0102. The third-order valence-corrected chi connectivity index (χ3v) is 2.53. The van der Waals surface area contributed by atoms with E-state index in [1.165, 1.54) is 6.26 Å². The van der Waals surface area contributed by atoms with Crippen molar-refractivity contribution in [3.05, 3.63) is 24.2 Å². The average Bonchev–Trinajstić information content (AvgIpc) is 2.62. The van der Waals surface area contributed by atoms with Crippen molar-refractivity contribution in [2.24, 2.45) is 0 Å². The summed E-state index contributed by atoms with van der Waals surface area (Å²) in [4.78, 5) is 13.7. The van der Waals surface area contributed by atoms with Crippen molar-refractivity contribution in [2.45, 2.75) is 13.0 Å². The van der Waals surface area contributed by atoms with Gasteiger partial charge >= 0.3 is 0 Å². The van der Waals surface area contributed by atoms with E-state index in [0.717, 1.165) is 19.6 Å². The van der Waals surface area contributed by atoms with Gasteiger partial charge in [0.15, 0.2) is 5.76 Å². The Kier molecular flexibility index (Phi) is 2.54. The van der Waals surface area contributed by atoms with Gasteiger partial charge in [0.25, 0.3) is 5.91 Å². The Morgan fingerprint density at radius 3 is 2.93 bits per heavy atom. The molecule has 0 radical (unpaired) electrons. The zero-order valence-electron chi connectivity index (χ0n) is 8.19. The summed E-state index contributed by atoms with van der Waals surface area (Å²) < 4.78 is 5.09. The quantitative estimate of drug-likeness (QED) is 0.771. The predicted molar refractivity (Wildman–Crippen MR) is 52.1 cm³/mol. The largest absolute Gasteiger partial charge is 0.459 e. The van der Waals surface area contributed by atoms with Crippen LogP contribution in [0.4, 0.5) is 0 Å². The van der Waals surface area contributed by atoms with Gasteiger partial charge in [-0.15, -0.1) is 0 Å². The van der Waals surface area contributed by atoms with Crippen molar-refractivity contribution in [1.29, 1.82) is 0 Å². The molecule has 1 amide bonds. The molecule has 1 aromatic heterocycles. The Hall–Kier alpha value is -1.29. The van der Waals surface area contributed by atoms with Crippen molar-refractivity contribution < 1.29 is 9.21 Å². The number of furan rings is 1. The number of carbonyl (C=O) groups excluding carboxylic acids is 1. The molecule has 1 aliphatic heterocycles. The van der Waals surface area contributed by atoms with Crippen LogP contribution in [0.3, 0.4) is 0 Å². The lowest BCUT2D eigenvalue weighted by Crippen LogP contribution is -2.58. The Labute approximate surface area is 82.9 Å². The number of nitrogens with zero attached hydrogens (tertiary/aromatic N) is 1. The minimum Gasteiger partial charge on any atom is -0.459 e. The molecular weight excluding hydrogens is 180 g/mol. The Balaban J connectivity index is 2.08. The van der Waals surface area contributed by atoms with E-state index in [2.05, 4.69) is 5.32 Å². The van der Waals surface area contributed by atoms with Crippen molar-refractivity contribution in [2.75, 3.05) is 19.6 Å². The molecule has 4 nitrogen and oxygen atoms in total. The first-order valence-electron chi connectivity index (χ1n) is 4.88. The normalized spacial score (nSPS) is 16.4. The van der Waals surface area contributed by atoms with Gasteiger partial charge in [-0.2, -0.15) is 0 Å². The highest BCUT2D eigenvalue weighted by molar-refractivity contribution is 5.91. The van der Waals surface area contributed by atoms with Crippen molar-refractivity contribution in [3.63, 3.8) is 0 Å². The van der Waals surface area contributed by atoms with Gasteiger partial charge in [0.2, 0.25) is 0 Å². The van der Waals surface area contributed by atoms with E-state index < -0.39 is 0 Å². The zero-order valence-corrected chi connectivity index (χ0v) is 8.19. The molecule has 0 saturated carbocycles. The molecule has 4 heteroatoms. The van der Waals surface area contributed by atoms with Crippen molar-refractivity contribution in [3.8, 4) is 0 Å². The Morgan fingerprint density at radius 2 is 2.50 bits per heavy atom. The predicted octanol–water partition coefficient (Wildman–Crippen LogP) is 0.714. The maximum atomic E-state index is 11.9. The van der Waals surface area contributed by atoms with E-state index in [1.54, 1.807) is 12.1 Å². The van der Waals surface area contributed by atoms with Gasteiger partial charge in [-0.25, -0.2) is 0 Å². The van der Waals surface area contributed by atoms with Crippen molar-refractivity contribution >= 4 is 5.91 Å². The molecule has 1 aliphatic rings. The molecule has 0 aliphatic carbocycles. The van der Waals surface area contributed by atoms with Crippen LogP contribution in [-0.2, 0) is 0 Å². The third kappa shape index (κ3) is 1.53. The summed E-state index contributed by atoms with van der Waals surface area (Å²) in [6, 6.07) is 3.77. The molecule has 76 valence electrons. The van der Waals surface area contributed by atoms with E-state index in [-0.39, 0.29) is 5.91 Å². The maximum absolute atomic E-state index is 11.9. The lowest BCUT2D eigenvalue weighted by atomic mass is 10.1. The van der Waals surface area contributed by atoms with Crippen LogP contribution in [0.15, 0.2) is 22.8 Å². The summed E-state index contributed by atoms with van der Waals surface area (Å²) in [6.07, 6.45) is 1.53. The lowest BCUT2D eigenvalue weighted by molar-refractivity contribution is 0.0598. The fourth-order valence-corrected chi connectivity index (χ4v) is 1.60. The minimum absolute atomic E-state index is 0.0102. The molecule has 0 aromatic carbocycles. The first-order chi connectivity index (χ1) is 6.83. The van der Waals surface area contributed by atoms with E-state index >= 15 is 0 Å². The molecule has 2 heterocycles.